The summed E-state index contributed by atoms with van der Waals surface area (Å²) in [4.78, 5) is 9.85. The number of nitrogens with zero attached hydrogens (tertiary/aromatic N) is 1. The molecule has 0 bridgehead atoms. The molecule has 0 saturated carbocycles. The van der Waals surface area contributed by atoms with Crippen LogP contribution in [-0.4, -0.2) is 6.29 Å². The van der Waals surface area contributed by atoms with Crippen molar-refractivity contribution in [3.05, 3.63) is 23.4 Å². The first-order valence-corrected chi connectivity index (χ1v) is 2.47. The molecular formula is C5H5ClN2O. The van der Waals surface area contributed by atoms with Gasteiger partial charge >= 0.3 is 0 Å². The number of allylic oxidation sites excluding steroid dienone is 2. The standard InChI is InChI=1S/C5H5ClN2O/c1-4(3-9)2-5(6)8-7/h2-3,7H,1H2/b5-2-,8-7?. The van der Waals surface area contributed by atoms with E-state index in [-0.39, 0.29) is 10.7 Å². The van der Waals surface area contributed by atoms with Gasteiger partial charge in [0, 0.05) is 5.57 Å². The predicted molar refractivity (Wildman–Crippen MR) is 34.3 cm³/mol. The third kappa shape index (κ3) is 3.61. The number of nitrogens with one attached hydrogen (secondary N) is 1. The van der Waals surface area contributed by atoms with Gasteiger partial charge in [-0.05, 0) is 6.08 Å². The van der Waals surface area contributed by atoms with Crippen molar-refractivity contribution in [1.29, 1.82) is 5.53 Å². The Morgan fingerprint density at radius 3 is 2.67 bits per heavy atom. The average molecular weight is 145 g/mol. The fourth-order valence-corrected chi connectivity index (χ4v) is 0.359. The van der Waals surface area contributed by atoms with Crippen LogP contribution in [0.4, 0.5) is 0 Å². The van der Waals surface area contributed by atoms with Crippen LogP contribution in [0.5, 0.6) is 0 Å². The Bertz CT molecular complexity index is 174. The van der Waals surface area contributed by atoms with Crippen molar-refractivity contribution in [3.63, 3.8) is 0 Å². The highest BCUT2D eigenvalue weighted by atomic mass is 35.5. The Kier molecular flexibility index (Phi) is 3.55. The van der Waals surface area contributed by atoms with E-state index in [4.69, 9.17) is 17.1 Å². The SMILES string of the molecule is C=C(C=O)/C=C(/Cl)N=N. The van der Waals surface area contributed by atoms with Crippen molar-refractivity contribution in [3.8, 4) is 0 Å². The molecule has 0 radical (unpaired) electrons. The quantitative estimate of drug-likeness (QED) is 0.212. The number of carbonyl (C=O) groups is 1. The maximum Gasteiger partial charge on any atom is 0.151 e. The number of rotatable bonds is 3. The molecule has 0 saturated heterocycles. The number of carbonyl (C=O) groups excluding carboxylic acids is 1. The van der Waals surface area contributed by atoms with Gasteiger partial charge in [0.15, 0.2) is 5.16 Å². The van der Waals surface area contributed by atoms with Crippen molar-refractivity contribution in [2.45, 2.75) is 0 Å². The van der Waals surface area contributed by atoms with Crippen molar-refractivity contribution < 1.29 is 4.79 Å². The summed E-state index contributed by atoms with van der Waals surface area (Å²) in [5, 5.41) is 2.78. The van der Waals surface area contributed by atoms with Crippen LogP contribution in [0.1, 0.15) is 0 Å². The first-order chi connectivity index (χ1) is 4.20. The zero-order chi connectivity index (χ0) is 7.28. The molecule has 0 rings (SSSR count). The lowest BCUT2D eigenvalue weighted by Crippen LogP contribution is -1.74. The highest BCUT2D eigenvalue weighted by Crippen LogP contribution is 2.04. The monoisotopic (exact) mass is 144 g/mol. The molecule has 9 heavy (non-hydrogen) atoms. The van der Waals surface area contributed by atoms with E-state index in [1.165, 1.54) is 6.08 Å². The van der Waals surface area contributed by atoms with E-state index in [0.717, 1.165) is 0 Å². The molecular weight excluding hydrogens is 140 g/mol. The largest absolute Gasteiger partial charge is 0.298 e. The summed E-state index contributed by atoms with van der Waals surface area (Å²) in [6, 6.07) is 0. The summed E-state index contributed by atoms with van der Waals surface area (Å²) in [6.45, 7) is 3.29. The molecule has 0 aromatic rings. The maximum absolute atomic E-state index is 9.85. The fourth-order valence-electron chi connectivity index (χ4n) is 0.219. The third-order valence-electron chi connectivity index (χ3n) is 0.563. The van der Waals surface area contributed by atoms with Gasteiger partial charge in [0.2, 0.25) is 0 Å². The summed E-state index contributed by atoms with van der Waals surface area (Å²) in [7, 11) is 0. The van der Waals surface area contributed by atoms with Gasteiger partial charge in [-0.15, -0.1) is 5.11 Å². The van der Waals surface area contributed by atoms with Crippen LogP contribution in [0.25, 0.3) is 0 Å². The lowest BCUT2D eigenvalue weighted by molar-refractivity contribution is -0.104. The van der Waals surface area contributed by atoms with Crippen LogP contribution >= 0.6 is 11.6 Å². The summed E-state index contributed by atoms with van der Waals surface area (Å²) < 4.78 is 0. The van der Waals surface area contributed by atoms with Gasteiger partial charge in [0.1, 0.15) is 6.29 Å². The molecule has 1 N–H and O–H groups in total. The minimum atomic E-state index is -0.0490. The topological polar surface area (TPSA) is 53.3 Å². The Morgan fingerprint density at radius 1 is 1.78 bits per heavy atom. The summed E-state index contributed by atoms with van der Waals surface area (Å²) >= 11 is 5.23. The lowest BCUT2D eigenvalue weighted by Gasteiger charge is -1.82. The van der Waals surface area contributed by atoms with Crippen LogP contribution in [0.3, 0.4) is 0 Å². The second kappa shape index (κ2) is 3.97. The third-order valence-corrected chi connectivity index (χ3v) is 0.756. The number of hydrogen-bond donors (Lipinski definition) is 1. The van der Waals surface area contributed by atoms with Crippen LogP contribution < -0.4 is 0 Å². The van der Waals surface area contributed by atoms with E-state index in [1.807, 2.05) is 0 Å². The Balaban J connectivity index is 4.10. The molecule has 0 atom stereocenters. The van der Waals surface area contributed by atoms with Crippen LogP contribution in [0.15, 0.2) is 28.5 Å². The van der Waals surface area contributed by atoms with Crippen LogP contribution in [-0.2, 0) is 4.79 Å². The fraction of sp³-hybridized carbons (Fsp3) is 0. The average Bonchev–Trinajstić information content (AvgIpc) is 1.87. The van der Waals surface area contributed by atoms with Gasteiger partial charge in [-0.3, -0.25) is 4.79 Å². The lowest BCUT2D eigenvalue weighted by atomic mass is 10.3. The number of halogens is 1. The summed E-state index contributed by atoms with van der Waals surface area (Å²) in [5.74, 6) is 0. The molecule has 0 unspecified atom stereocenters. The zero-order valence-corrected chi connectivity index (χ0v) is 5.35. The van der Waals surface area contributed by atoms with E-state index in [1.54, 1.807) is 0 Å². The molecule has 48 valence electrons. The molecule has 0 aromatic heterocycles. The molecule has 0 aliphatic rings. The normalized spacial score (nSPS) is 10.6. The van der Waals surface area contributed by atoms with Gasteiger partial charge in [-0.25, -0.2) is 5.53 Å². The van der Waals surface area contributed by atoms with Gasteiger partial charge in [-0.2, -0.15) is 0 Å². The highest BCUT2D eigenvalue weighted by Gasteiger charge is 1.87. The maximum atomic E-state index is 9.85. The van der Waals surface area contributed by atoms with Crippen LogP contribution in [0, 0.1) is 5.53 Å². The molecule has 0 amide bonds. The highest BCUT2D eigenvalue weighted by molar-refractivity contribution is 6.29. The van der Waals surface area contributed by atoms with Gasteiger partial charge in [-0.1, -0.05) is 18.2 Å². The van der Waals surface area contributed by atoms with Gasteiger partial charge in [0.25, 0.3) is 0 Å². The Morgan fingerprint density at radius 2 is 2.33 bits per heavy atom. The Hall–Kier alpha value is -0.960. The summed E-state index contributed by atoms with van der Waals surface area (Å²) in [5.41, 5.74) is 6.55. The van der Waals surface area contributed by atoms with Crippen molar-refractivity contribution in [1.82, 2.24) is 0 Å². The van der Waals surface area contributed by atoms with Crippen molar-refractivity contribution in [2.24, 2.45) is 5.11 Å². The molecule has 0 heterocycles. The van der Waals surface area contributed by atoms with E-state index in [2.05, 4.69) is 11.7 Å². The predicted octanol–water partition coefficient (Wildman–Crippen LogP) is 1.85. The molecule has 0 fully saturated rings. The van der Waals surface area contributed by atoms with Crippen molar-refractivity contribution >= 4 is 17.9 Å². The minimum Gasteiger partial charge on any atom is -0.298 e. The molecule has 0 aromatic carbocycles. The van der Waals surface area contributed by atoms with Crippen molar-refractivity contribution in [2.75, 3.05) is 0 Å². The van der Waals surface area contributed by atoms with E-state index in [0.29, 0.717) is 6.29 Å². The first-order valence-electron chi connectivity index (χ1n) is 2.09. The zero-order valence-electron chi connectivity index (χ0n) is 4.60. The molecule has 0 aliphatic heterocycles. The van der Waals surface area contributed by atoms with E-state index in [9.17, 15) is 4.79 Å². The van der Waals surface area contributed by atoms with Gasteiger partial charge < -0.3 is 0 Å². The molecule has 3 nitrogen and oxygen atoms in total. The first kappa shape index (κ1) is 8.04. The number of aldehydes is 1. The minimum absolute atomic E-state index is 0.0490. The van der Waals surface area contributed by atoms with E-state index >= 15 is 0 Å². The molecule has 0 aliphatic carbocycles. The smallest absolute Gasteiger partial charge is 0.151 e. The second-order valence-electron chi connectivity index (χ2n) is 1.27. The number of hydrogen-bond acceptors (Lipinski definition) is 3. The van der Waals surface area contributed by atoms with Gasteiger partial charge in [0.05, 0.1) is 0 Å². The molecule has 0 spiro atoms. The molecule has 4 heteroatoms. The van der Waals surface area contributed by atoms with E-state index < -0.39 is 0 Å². The second-order valence-corrected chi connectivity index (χ2v) is 1.66. The van der Waals surface area contributed by atoms with Crippen LogP contribution in [0.2, 0.25) is 0 Å². The Labute approximate surface area is 57.5 Å². The summed E-state index contributed by atoms with van der Waals surface area (Å²) in [6.07, 6.45) is 1.75.